The molecule has 2 N–H and O–H groups in total. The van der Waals surface area contributed by atoms with E-state index < -0.39 is 5.75 Å². The predicted molar refractivity (Wildman–Crippen MR) is 69.0 cm³/mol. The highest BCUT2D eigenvalue weighted by atomic mass is 16.3. The van der Waals surface area contributed by atoms with Gasteiger partial charge >= 0.3 is 0 Å². The van der Waals surface area contributed by atoms with Crippen LogP contribution in [0.25, 0.3) is 0 Å². The smallest absolute Gasteiger partial charge is 0.257 e. The van der Waals surface area contributed by atoms with Crippen LogP contribution >= 0.6 is 0 Å². The second kappa shape index (κ2) is 5.06. The summed E-state index contributed by atoms with van der Waals surface area (Å²) < 4.78 is 5.17. The first kappa shape index (κ1) is 13.0. The van der Waals surface area contributed by atoms with Crippen molar-refractivity contribution in [1.29, 1.82) is 0 Å². The lowest BCUT2D eigenvalue weighted by atomic mass is 10.1. The number of nitrogens with zero attached hydrogens (tertiary/aromatic N) is 1. The number of rotatable bonds is 3. The summed E-state index contributed by atoms with van der Waals surface area (Å²) in [6, 6.07) is 6.10. The molecule has 1 aromatic carbocycles. The van der Waals surface area contributed by atoms with Gasteiger partial charge in [0.1, 0.15) is 5.76 Å². The van der Waals surface area contributed by atoms with Crippen molar-refractivity contribution >= 4 is 5.91 Å². The molecular formula is C14H15NO4. The molecule has 5 nitrogen and oxygen atoms in total. The van der Waals surface area contributed by atoms with Gasteiger partial charge in [0.25, 0.3) is 5.91 Å². The summed E-state index contributed by atoms with van der Waals surface area (Å²) in [6.07, 6.45) is 1.56. The molecule has 100 valence electrons. The van der Waals surface area contributed by atoms with Crippen LogP contribution in [0.2, 0.25) is 0 Å². The minimum Gasteiger partial charge on any atom is -0.504 e. The van der Waals surface area contributed by atoms with Crippen LogP contribution in [-0.4, -0.2) is 28.1 Å². The number of carbonyl (C=O) groups excluding carboxylic acids is 1. The largest absolute Gasteiger partial charge is 0.504 e. The third-order valence-electron chi connectivity index (χ3n) is 2.97. The van der Waals surface area contributed by atoms with E-state index in [0.29, 0.717) is 6.54 Å². The van der Waals surface area contributed by atoms with Crippen molar-refractivity contribution in [2.45, 2.75) is 13.5 Å². The molecule has 0 aliphatic heterocycles. The van der Waals surface area contributed by atoms with E-state index in [1.807, 2.05) is 6.92 Å². The lowest BCUT2D eigenvalue weighted by Crippen LogP contribution is -2.26. The minimum atomic E-state index is -0.400. The minimum absolute atomic E-state index is 0.0728. The Morgan fingerprint density at radius 2 is 2.05 bits per heavy atom. The maximum atomic E-state index is 12.2. The molecule has 1 aromatic heterocycles. The zero-order valence-corrected chi connectivity index (χ0v) is 10.8. The molecule has 2 rings (SSSR count). The number of aromatic hydroxyl groups is 2. The average molecular weight is 261 g/mol. The summed E-state index contributed by atoms with van der Waals surface area (Å²) in [5, 5.41) is 19.1. The first-order valence-electron chi connectivity index (χ1n) is 5.80. The molecule has 5 heteroatoms. The van der Waals surface area contributed by atoms with Gasteiger partial charge in [-0.15, -0.1) is 0 Å². The van der Waals surface area contributed by atoms with Crippen LogP contribution in [0.15, 0.2) is 34.9 Å². The average Bonchev–Trinajstić information content (AvgIpc) is 2.77. The van der Waals surface area contributed by atoms with Gasteiger partial charge in [0.2, 0.25) is 0 Å². The number of carbonyl (C=O) groups is 1. The van der Waals surface area contributed by atoms with Crippen molar-refractivity contribution in [3.05, 3.63) is 47.4 Å². The van der Waals surface area contributed by atoms with Crippen molar-refractivity contribution in [3.63, 3.8) is 0 Å². The Hall–Kier alpha value is -2.43. The van der Waals surface area contributed by atoms with Crippen LogP contribution in [0.4, 0.5) is 0 Å². The molecule has 0 aliphatic rings. The van der Waals surface area contributed by atoms with Gasteiger partial charge < -0.3 is 19.5 Å². The summed E-state index contributed by atoms with van der Waals surface area (Å²) in [7, 11) is 1.62. The first-order valence-corrected chi connectivity index (χ1v) is 5.80. The fraction of sp³-hybridized carbons (Fsp3) is 0.214. The fourth-order valence-corrected chi connectivity index (χ4v) is 1.81. The number of benzene rings is 1. The Bertz CT molecular complexity index is 603. The van der Waals surface area contributed by atoms with E-state index in [4.69, 9.17) is 4.42 Å². The van der Waals surface area contributed by atoms with Gasteiger partial charge in [-0.2, -0.15) is 0 Å². The van der Waals surface area contributed by atoms with Crippen LogP contribution in [0.3, 0.4) is 0 Å². The fourth-order valence-electron chi connectivity index (χ4n) is 1.81. The molecule has 1 heterocycles. The van der Waals surface area contributed by atoms with E-state index in [1.165, 1.54) is 23.1 Å². The Balaban J connectivity index is 2.20. The summed E-state index contributed by atoms with van der Waals surface area (Å²) in [5.74, 6) is -0.323. The predicted octanol–water partition coefficient (Wildman–Crippen LogP) is 2.27. The Kier molecular flexibility index (Phi) is 3.46. The van der Waals surface area contributed by atoms with Gasteiger partial charge in [0.15, 0.2) is 11.5 Å². The van der Waals surface area contributed by atoms with Crippen LogP contribution in [0.1, 0.15) is 21.7 Å². The summed E-state index contributed by atoms with van der Waals surface area (Å²) in [4.78, 5) is 13.6. The van der Waals surface area contributed by atoms with Gasteiger partial charge in [-0.25, -0.2) is 0 Å². The zero-order valence-electron chi connectivity index (χ0n) is 10.8. The lowest BCUT2D eigenvalue weighted by Gasteiger charge is -2.17. The highest BCUT2D eigenvalue weighted by molar-refractivity contribution is 5.97. The Morgan fingerprint density at radius 3 is 2.68 bits per heavy atom. The van der Waals surface area contributed by atoms with Crippen LogP contribution < -0.4 is 0 Å². The molecule has 0 saturated carbocycles. The quantitative estimate of drug-likeness (QED) is 0.831. The number of para-hydroxylation sites is 1. The summed E-state index contributed by atoms with van der Waals surface area (Å²) in [6.45, 7) is 2.19. The monoisotopic (exact) mass is 261 g/mol. The number of furan rings is 1. The third kappa shape index (κ3) is 2.54. The van der Waals surface area contributed by atoms with Crippen molar-refractivity contribution < 1.29 is 19.4 Å². The van der Waals surface area contributed by atoms with Gasteiger partial charge in [-0.1, -0.05) is 6.07 Å². The van der Waals surface area contributed by atoms with Gasteiger partial charge in [0, 0.05) is 19.2 Å². The number of hydrogen-bond donors (Lipinski definition) is 2. The Labute approximate surface area is 110 Å². The van der Waals surface area contributed by atoms with Gasteiger partial charge in [-0.3, -0.25) is 4.79 Å². The second-order valence-corrected chi connectivity index (χ2v) is 4.34. The van der Waals surface area contributed by atoms with Gasteiger partial charge in [0.05, 0.1) is 11.8 Å². The van der Waals surface area contributed by atoms with Crippen LogP contribution in [0.5, 0.6) is 11.5 Å². The summed E-state index contributed by atoms with van der Waals surface area (Å²) >= 11 is 0. The maximum absolute atomic E-state index is 12.2. The van der Waals surface area contributed by atoms with Crippen LogP contribution in [0, 0.1) is 6.92 Å². The van der Waals surface area contributed by atoms with Crippen molar-refractivity contribution in [3.8, 4) is 11.5 Å². The molecule has 2 aromatic rings. The third-order valence-corrected chi connectivity index (χ3v) is 2.97. The summed E-state index contributed by atoms with van der Waals surface area (Å²) in [5.41, 5.74) is 0.971. The standard InChI is InChI=1S/C14H15NO4/c1-9-10(6-7-19-9)8-15(2)14(18)11-4-3-5-12(16)13(11)17/h3-7,16-17H,8H2,1-2H3. The molecule has 0 fully saturated rings. The van der Waals surface area contributed by atoms with Crippen molar-refractivity contribution in [1.82, 2.24) is 4.90 Å². The Morgan fingerprint density at radius 1 is 1.32 bits per heavy atom. The molecule has 0 radical (unpaired) electrons. The molecule has 0 bridgehead atoms. The molecule has 1 amide bonds. The number of phenolic OH excluding ortho intramolecular Hbond substituents is 2. The maximum Gasteiger partial charge on any atom is 0.257 e. The number of phenols is 2. The molecule has 0 saturated heterocycles. The highest BCUT2D eigenvalue weighted by Gasteiger charge is 2.18. The number of aryl methyl sites for hydroxylation is 1. The molecule has 0 atom stereocenters. The van der Waals surface area contributed by atoms with E-state index in [0.717, 1.165) is 11.3 Å². The molecule has 19 heavy (non-hydrogen) atoms. The van der Waals surface area contributed by atoms with Crippen molar-refractivity contribution in [2.24, 2.45) is 0 Å². The normalized spacial score (nSPS) is 10.4. The SMILES string of the molecule is Cc1occc1CN(C)C(=O)c1cccc(O)c1O. The van der Waals surface area contributed by atoms with E-state index >= 15 is 0 Å². The van der Waals surface area contributed by atoms with E-state index in [-0.39, 0.29) is 17.2 Å². The second-order valence-electron chi connectivity index (χ2n) is 4.34. The number of hydrogen-bond acceptors (Lipinski definition) is 4. The van der Waals surface area contributed by atoms with Gasteiger partial charge in [-0.05, 0) is 25.1 Å². The topological polar surface area (TPSA) is 73.9 Å². The molecule has 0 aliphatic carbocycles. The van der Waals surface area contributed by atoms with Crippen molar-refractivity contribution in [2.75, 3.05) is 7.05 Å². The van der Waals surface area contributed by atoms with E-state index in [1.54, 1.807) is 19.4 Å². The molecule has 0 unspecified atom stereocenters. The molecule has 0 spiro atoms. The lowest BCUT2D eigenvalue weighted by molar-refractivity contribution is 0.0781. The number of amides is 1. The van der Waals surface area contributed by atoms with E-state index in [2.05, 4.69) is 0 Å². The molecular weight excluding hydrogens is 246 g/mol. The first-order chi connectivity index (χ1) is 9.00. The zero-order chi connectivity index (χ0) is 14.0. The highest BCUT2D eigenvalue weighted by Crippen LogP contribution is 2.29. The van der Waals surface area contributed by atoms with E-state index in [9.17, 15) is 15.0 Å². The van der Waals surface area contributed by atoms with Crippen LogP contribution in [-0.2, 0) is 6.54 Å².